The maximum Gasteiger partial charge on any atom is 0.245 e. The lowest BCUT2D eigenvalue weighted by Gasteiger charge is -2.40. The first-order valence-corrected chi connectivity index (χ1v) is 20.8. The van der Waals surface area contributed by atoms with Gasteiger partial charge in [0.05, 0.1) is 42.8 Å². The van der Waals surface area contributed by atoms with Crippen LogP contribution in [-0.4, -0.2) is 116 Å². The second-order valence-corrected chi connectivity index (χ2v) is 16.8. The molecule has 1 aliphatic rings. The van der Waals surface area contributed by atoms with Crippen molar-refractivity contribution in [3.05, 3.63) is 47.5 Å². The SMILES string of the molecule is CCC(C)C(NC(=O)C(C(C)C)N(C)C)C(=O)N(C)C(C(C)CC)C(CC(=O)C1CCC(C(OC)C(C)C(=O)N(Cc2ccccc2)c2nccs2)N1)OC. The first-order valence-electron chi connectivity index (χ1n) is 19.9. The van der Waals surface area contributed by atoms with Crippen molar-refractivity contribution in [2.24, 2.45) is 23.7 Å². The molecule has 0 saturated carbocycles. The average Bonchev–Trinajstić information content (AvgIpc) is 3.89. The molecule has 3 amide bonds. The molecule has 55 heavy (non-hydrogen) atoms. The van der Waals surface area contributed by atoms with Gasteiger partial charge in [-0.05, 0) is 50.3 Å². The number of amides is 3. The van der Waals surface area contributed by atoms with E-state index in [1.165, 1.54) is 11.3 Å². The quantitative estimate of drug-likeness (QED) is 0.161. The normalized spacial score (nSPS) is 20.3. The molecule has 1 fully saturated rings. The zero-order valence-electron chi connectivity index (χ0n) is 35.3. The van der Waals surface area contributed by atoms with Crippen molar-refractivity contribution in [2.75, 3.05) is 40.3 Å². The van der Waals surface area contributed by atoms with Gasteiger partial charge in [0.2, 0.25) is 17.7 Å². The number of benzene rings is 1. The molecule has 12 nitrogen and oxygen atoms in total. The van der Waals surface area contributed by atoms with Crippen LogP contribution in [0.1, 0.15) is 86.1 Å². The number of nitrogens with zero attached hydrogens (tertiary/aromatic N) is 4. The molecule has 1 aromatic carbocycles. The van der Waals surface area contributed by atoms with Crippen molar-refractivity contribution in [1.29, 1.82) is 0 Å². The fourth-order valence-corrected chi connectivity index (χ4v) is 8.73. The molecular weight excluding hydrogens is 717 g/mol. The van der Waals surface area contributed by atoms with Gasteiger partial charge in [0, 0.05) is 45.3 Å². The predicted octanol–water partition coefficient (Wildman–Crippen LogP) is 5.41. The third-order valence-electron chi connectivity index (χ3n) is 11.6. The smallest absolute Gasteiger partial charge is 0.245 e. The van der Waals surface area contributed by atoms with Crippen LogP contribution in [0.2, 0.25) is 0 Å². The number of ether oxygens (including phenoxy) is 2. The van der Waals surface area contributed by atoms with Gasteiger partial charge in [0.25, 0.3) is 0 Å². The Morgan fingerprint density at radius 3 is 2.11 bits per heavy atom. The van der Waals surface area contributed by atoms with E-state index in [1.54, 1.807) is 37.3 Å². The number of aromatic nitrogens is 1. The standard InChI is InChI=1S/C42H68N6O6S/c1-13-27(5)35(45-39(50)36(26(3)4)46(8)9)41(52)47(10)37(28(6)14-2)34(53-11)24-33(49)31-20-21-32(44-31)38(54-12)29(7)40(51)48(42-43-22-23-55-42)25-30-18-16-15-17-19-30/h15-19,22-23,26-29,31-32,34-38,44H,13-14,20-21,24-25H2,1-12H3,(H,45,50). The van der Waals surface area contributed by atoms with E-state index in [4.69, 9.17) is 9.47 Å². The maximum atomic E-state index is 14.4. The number of rotatable bonds is 22. The van der Waals surface area contributed by atoms with Gasteiger partial charge in [-0.3, -0.25) is 29.0 Å². The third-order valence-corrected chi connectivity index (χ3v) is 12.4. The predicted molar refractivity (Wildman–Crippen MR) is 220 cm³/mol. The highest BCUT2D eigenvalue weighted by atomic mass is 32.1. The summed E-state index contributed by atoms with van der Waals surface area (Å²) in [5.41, 5.74) is 0.997. The van der Waals surface area contributed by atoms with Gasteiger partial charge in [-0.25, -0.2) is 4.98 Å². The Kier molecular flexibility index (Phi) is 18.4. The Bertz CT molecular complexity index is 1480. The van der Waals surface area contributed by atoms with Crippen molar-refractivity contribution in [1.82, 2.24) is 25.4 Å². The summed E-state index contributed by atoms with van der Waals surface area (Å²) in [5.74, 6) is -1.03. The topological polar surface area (TPSA) is 133 Å². The van der Waals surface area contributed by atoms with E-state index in [0.29, 0.717) is 30.9 Å². The van der Waals surface area contributed by atoms with Crippen molar-refractivity contribution in [3.8, 4) is 0 Å². The summed E-state index contributed by atoms with van der Waals surface area (Å²) in [6, 6.07) is 7.64. The van der Waals surface area contributed by atoms with Crippen molar-refractivity contribution < 1.29 is 28.7 Å². The summed E-state index contributed by atoms with van der Waals surface area (Å²) in [6.07, 6.45) is 3.47. The van der Waals surface area contributed by atoms with Gasteiger partial charge in [0.1, 0.15) is 6.04 Å². The maximum absolute atomic E-state index is 14.4. The van der Waals surface area contributed by atoms with Gasteiger partial charge in [-0.1, -0.05) is 91.6 Å². The fraction of sp³-hybridized carbons (Fsp3) is 0.690. The molecule has 0 radical (unpaired) electrons. The molecule has 10 unspecified atom stereocenters. The summed E-state index contributed by atoms with van der Waals surface area (Å²) in [5, 5.41) is 9.09. The van der Waals surface area contributed by atoms with Crippen molar-refractivity contribution in [2.45, 2.75) is 130 Å². The summed E-state index contributed by atoms with van der Waals surface area (Å²) in [7, 11) is 8.71. The first-order chi connectivity index (χ1) is 26.1. The first kappa shape index (κ1) is 46.2. The molecule has 13 heteroatoms. The Balaban J connectivity index is 1.76. The van der Waals surface area contributed by atoms with Crippen LogP contribution < -0.4 is 15.5 Å². The summed E-state index contributed by atoms with van der Waals surface area (Å²) < 4.78 is 12.0. The molecule has 0 bridgehead atoms. The number of thiazole rings is 1. The van der Waals surface area contributed by atoms with Gasteiger partial charge in [-0.2, -0.15) is 0 Å². The van der Waals surface area contributed by atoms with E-state index in [9.17, 15) is 19.2 Å². The number of anilines is 1. The monoisotopic (exact) mass is 784 g/mol. The lowest BCUT2D eigenvalue weighted by Crippen LogP contribution is -2.59. The number of ketones is 1. The van der Waals surface area contributed by atoms with Crippen LogP contribution in [0.4, 0.5) is 5.13 Å². The van der Waals surface area contributed by atoms with E-state index in [-0.39, 0.29) is 59.8 Å². The molecule has 2 N–H and O–H groups in total. The summed E-state index contributed by atoms with van der Waals surface area (Å²) in [4.78, 5) is 65.8. The minimum atomic E-state index is -0.726. The van der Waals surface area contributed by atoms with Crippen LogP contribution >= 0.6 is 11.3 Å². The second kappa shape index (κ2) is 21.9. The number of likely N-dealkylation sites (N-methyl/N-ethyl adjacent to an activating group) is 2. The Morgan fingerprint density at radius 2 is 1.58 bits per heavy atom. The Labute approximate surface area is 334 Å². The van der Waals surface area contributed by atoms with Gasteiger partial charge in [-0.15, -0.1) is 11.3 Å². The number of Topliss-reactive ketones (excluding diaryl/α,β-unsaturated/α-hetero) is 1. The number of hydrogen-bond acceptors (Lipinski definition) is 10. The van der Waals surface area contributed by atoms with Gasteiger partial charge < -0.3 is 25.0 Å². The number of hydrogen-bond donors (Lipinski definition) is 2. The van der Waals surface area contributed by atoms with Crippen LogP contribution in [-0.2, 0) is 35.2 Å². The Hall–Kier alpha value is -3.23. The highest BCUT2D eigenvalue weighted by molar-refractivity contribution is 7.13. The van der Waals surface area contributed by atoms with Gasteiger partial charge in [0.15, 0.2) is 10.9 Å². The molecule has 1 aromatic heterocycles. The lowest BCUT2D eigenvalue weighted by atomic mass is 9.87. The molecule has 1 saturated heterocycles. The molecule has 0 spiro atoms. The zero-order chi connectivity index (χ0) is 41.0. The third kappa shape index (κ3) is 11.9. The van der Waals surface area contributed by atoms with Crippen LogP contribution in [0.3, 0.4) is 0 Å². The number of methoxy groups -OCH3 is 2. The number of carbonyl (C=O) groups is 4. The minimum Gasteiger partial charge on any atom is -0.379 e. The molecule has 2 aromatic rings. The van der Waals surface area contributed by atoms with Crippen LogP contribution in [0, 0.1) is 23.7 Å². The highest BCUT2D eigenvalue weighted by Gasteiger charge is 2.43. The summed E-state index contributed by atoms with van der Waals surface area (Å²) in [6.45, 7) is 14.4. The molecule has 2 heterocycles. The molecule has 308 valence electrons. The molecular formula is C42H68N6O6S. The molecule has 3 rings (SSSR count). The van der Waals surface area contributed by atoms with Crippen molar-refractivity contribution >= 4 is 40.0 Å². The molecule has 10 atom stereocenters. The molecule has 0 aliphatic carbocycles. The van der Waals surface area contributed by atoms with Crippen LogP contribution in [0.25, 0.3) is 0 Å². The van der Waals surface area contributed by atoms with E-state index in [0.717, 1.165) is 12.0 Å². The van der Waals surface area contributed by atoms with E-state index in [1.807, 2.05) is 89.3 Å². The summed E-state index contributed by atoms with van der Waals surface area (Å²) >= 11 is 1.41. The van der Waals surface area contributed by atoms with Crippen molar-refractivity contribution in [3.63, 3.8) is 0 Å². The van der Waals surface area contributed by atoms with Crippen LogP contribution in [0.5, 0.6) is 0 Å². The molecule has 1 aliphatic heterocycles. The van der Waals surface area contributed by atoms with E-state index < -0.39 is 36.3 Å². The van der Waals surface area contributed by atoms with E-state index in [2.05, 4.69) is 29.5 Å². The highest BCUT2D eigenvalue weighted by Crippen LogP contribution is 2.30. The average molecular weight is 785 g/mol. The largest absolute Gasteiger partial charge is 0.379 e. The minimum absolute atomic E-state index is 0.0101. The number of carbonyl (C=O) groups excluding carboxylic acids is 4. The lowest BCUT2D eigenvalue weighted by molar-refractivity contribution is -0.145. The van der Waals surface area contributed by atoms with Gasteiger partial charge >= 0.3 is 0 Å². The van der Waals surface area contributed by atoms with Crippen LogP contribution in [0.15, 0.2) is 41.9 Å². The zero-order valence-corrected chi connectivity index (χ0v) is 36.1. The number of nitrogens with one attached hydrogen (secondary N) is 2. The fourth-order valence-electron chi connectivity index (χ4n) is 8.09. The second-order valence-electron chi connectivity index (χ2n) is 15.9. The van der Waals surface area contributed by atoms with E-state index >= 15 is 0 Å². The Morgan fingerprint density at radius 1 is 0.927 bits per heavy atom.